The number of hydrogen-bond acceptors (Lipinski definition) is 2. The fourth-order valence-electron chi connectivity index (χ4n) is 1.20. The number of aryl methyl sites for hydroxylation is 1. The van der Waals surface area contributed by atoms with Gasteiger partial charge in [-0.25, -0.2) is 0 Å². The number of rotatable bonds is 2. The van der Waals surface area contributed by atoms with Gasteiger partial charge < -0.3 is 11.1 Å². The summed E-state index contributed by atoms with van der Waals surface area (Å²) >= 11 is 0. The summed E-state index contributed by atoms with van der Waals surface area (Å²) in [6.45, 7) is 3.76. The molecule has 0 saturated carbocycles. The van der Waals surface area contributed by atoms with Crippen LogP contribution in [0.2, 0.25) is 0 Å². The molecule has 3 N–H and O–H groups in total. The molecule has 1 rings (SSSR count). The van der Waals surface area contributed by atoms with E-state index in [-0.39, 0.29) is 1.43 Å². The summed E-state index contributed by atoms with van der Waals surface area (Å²) in [7, 11) is 0. The molecule has 2 nitrogen and oxygen atoms in total. The molecule has 0 bridgehead atoms. The molecule has 0 aliphatic heterocycles. The Hall–Kier alpha value is -1.75. The lowest BCUT2D eigenvalue weighted by Crippen LogP contribution is -2.03. The normalized spacial score (nSPS) is 9.00. The minimum atomic E-state index is 0. The van der Waals surface area contributed by atoms with Crippen molar-refractivity contribution in [3.8, 4) is 11.8 Å². The summed E-state index contributed by atoms with van der Waals surface area (Å²) in [5, 5.41) is 7.79. The third-order valence-corrected chi connectivity index (χ3v) is 1.98. The van der Waals surface area contributed by atoms with Crippen LogP contribution in [-0.2, 0) is 0 Å². The van der Waals surface area contributed by atoms with Crippen LogP contribution in [0.5, 0.6) is 0 Å². The third-order valence-electron chi connectivity index (χ3n) is 1.98. The van der Waals surface area contributed by atoms with Crippen LogP contribution in [-0.4, -0.2) is 5.71 Å². The summed E-state index contributed by atoms with van der Waals surface area (Å²) in [5.74, 6) is 5.63. The second kappa shape index (κ2) is 4.48. The Morgan fingerprint density at radius 1 is 1.57 bits per heavy atom. The standard InChI is InChI=1S/C12H14N2.H2/c1-3-4-5-11(13)10-8-9(2)6-7-12(10)14;/h6-8,13H,5,14H2,1-2H3;1H. The zero-order valence-corrected chi connectivity index (χ0v) is 8.52. The van der Waals surface area contributed by atoms with Crippen LogP contribution < -0.4 is 5.73 Å². The Morgan fingerprint density at radius 3 is 2.93 bits per heavy atom. The molecule has 0 saturated heterocycles. The molecule has 0 atom stereocenters. The molecular formula is C12H16N2. The largest absolute Gasteiger partial charge is 0.398 e. The van der Waals surface area contributed by atoms with Gasteiger partial charge in [0.15, 0.2) is 0 Å². The minimum Gasteiger partial charge on any atom is -0.398 e. The number of anilines is 1. The van der Waals surface area contributed by atoms with Crippen LogP contribution >= 0.6 is 0 Å². The van der Waals surface area contributed by atoms with Crippen molar-refractivity contribution in [2.45, 2.75) is 20.3 Å². The van der Waals surface area contributed by atoms with E-state index < -0.39 is 0 Å². The van der Waals surface area contributed by atoms with Gasteiger partial charge in [0.25, 0.3) is 0 Å². The predicted octanol–water partition coefficient (Wildman–Crippen LogP) is 2.60. The van der Waals surface area contributed by atoms with E-state index >= 15 is 0 Å². The molecule has 0 radical (unpaired) electrons. The fraction of sp³-hybridized carbons (Fsp3) is 0.250. The Labute approximate surface area is 86.1 Å². The fourth-order valence-corrected chi connectivity index (χ4v) is 1.20. The van der Waals surface area contributed by atoms with E-state index in [9.17, 15) is 0 Å². The Kier molecular flexibility index (Phi) is 3.30. The van der Waals surface area contributed by atoms with E-state index in [2.05, 4.69) is 11.8 Å². The van der Waals surface area contributed by atoms with Gasteiger partial charge in [-0.3, -0.25) is 0 Å². The van der Waals surface area contributed by atoms with Crippen molar-refractivity contribution >= 4 is 11.4 Å². The van der Waals surface area contributed by atoms with Gasteiger partial charge in [0.05, 0.1) is 12.1 Å². The molecule has 0 amide bonds. The van der Waals surface area contributed by atoms with Gasteiger partial charge in [-0.1, -0.05) is 17.6 Å². The first-order valence-corrected chi connectivity index (χ1v) is 4.48. The molecule has 0 aliphatic rings. The molecule has 2 heteroatoms. The van der Waals surface area contributed by atoms with Gasteiger partial charge >= 0.3 is 0 Å². The summed E-state index contributed by atoms with van der Waals surface area (Å²) in [6.07, 6.45) is 0.462. The average Bonchev–Trinajstić information content (AvgIpc) is 2.18. The monoisotopic (exact) mass is 188 g/mol. The van der Waals surface area contributed by atoms with Gasteiger partial charge in [-0.15, -0.1) is 5.92 Å². The molecule has 0 fully saturated rings. The maximum atomic E-state index is 7.79. The van der Waals surface area contributed by atoms with Crippen molar-refractivity contribution in [2.24, 2.45) is 0 Å². The molecule has 0 aliphatic carbocycles. The van der Waals surface area contributed by atoms with Crippen LogP contribution in [0.3, 0.4) is 0 Å². The van der Waals surface area contributed by atoms with Gasteiger partial charge in [0, 0.05) is 12.7 Å². The number of hydrogen-bond donors (Lipinski definition) is 2. The smallest absolute Gasteiger partial charge is 0.0526 e. The lowest BCUT2D eigenvalue weighted by molar-refractivity contribution is 1.36. The second-order valence-electron chi connectivity index (χ2n) is 3.17. The van der Waals surface area contributed by atoms with E-state index in [1.54, 1.807) is 6.92 Å². The van der Waals surface area contributed by atoms with Gasteiger partial charge in [0.1, 0.15) is 0 Å². The number of nitrogens with two attached hydrogens (primary N) is 1. The van der Waals surface area contributed by atoms with Crippen molar-refractivity contribution in [3.05, 3.63) is 29.3 Å². The quantitative estimate of drug-likeness (QED) is 0.418. The van der Waals surface area contributed by atoms with Gasteiger partial charge in [0.2, 0.25) is 0 Å². The van der Waals surface area contributed by atoms with Crippen molar-refractivity contribution in [1.29, 1.82) is 5.41 Å². The molecule has 14 heavy (non-hydrogen) atoms. The van der Waals surface area contributed by atoms with E-state index in [0.29, 0.717) is 17.8 Å². The Balaban J connectivity index is 0.00000196. The van der Waals surface area contributed by atoms with Crippen LogP contribution in [0.15, 0.2) is 18.2 Å². The van der Waals surface area contributed by atoms with Crippen molar-refractivity contribution in [1.82, 2.24) is 0 Å². The molecule has 74 valence electrons. The Bertz CT molecular complexity index is 413. The zero-order valence-electron chi connectivity index (χ0n) is 8.52. The SMILES string of the molecule is CC#CCC(=N)c1cc(C)ccc1N.[HH]. The van der Waals surface area contributed by atoms with Gasteiger partial charge in [-0.05, 0) is 26.0 Å². The lowest BCUT2D eigenvalue weighted by atomic mass is 10.0. The van der Waals surface area contributed by atoms with E-state index in [0.717, 1.165) is 11.1 Å². The van der Waals surface area contributed by atoms with Crippen molar-refractivity contribution < 1.29 is 1.43 Å². The minimum absolute atomic E-state index is 0. The first-order valence-electron chi connectivity index (χ1n) is 4.48. The van der Waals surface area contributed by atoms with E-state index in [4.69, 9.17) is 11.1 Å². The third kappa shape index (κ3) is 2.37. The summed E-state index contributed by atoms with van der Waals surface area (Å²) in [6, 6.07) is 5.70. The highest BCUT2D eigenvalue weighted by atomic mass is 14.6. The maximum absolute atomic E-state index is 7.79. The highest BCUT2D eigenvalue weighted by molar-refractivity contribution is 6.03. The molecule has 1 aromatic carbocycles. The van der Waals surface area contributed by atoms with Crippen molar-refractivity contribution in [3.63, 3.8) is 0 Å². The molecule has 1 aromatic rings. The molecular weight excluding hydrogens is 172 g/mol. The zero-order chi connectivity index (χ0) is 10.6. The summed E-state index contributed by atoms with van der Waals surface area (Å²) < 4.78 is 0. The lowest BCUT2D eigenvalue weighted by Gasteiger charge is -2.05. The summed E-state index contributed by atoms with van der Waals surface area (Å²) in [4.78, 5) is 0. The Morgan fingerprint density at radius 2 is 2.29 bits per heavy atom. The predicted molar refractivity (Wildman–Crippen MR) is 62.6 cm³/mol. The van der Waals surface area contributed by atoms with E-state index in [1.807, 2.05) is 25.1 Å². The molecule has 0 aromatic heterocycles. The first kappa shape index (κ1) is 10.3. The maximum Gasteiger partial charge on any atom is 0.0526 e. The van der Waals surface area contributed by atoms with Gasteiger partial charge in [-0.2, -0.15) is 0 Å². The van der Waals surface area contributed by atoms with Crippen LogP contribution in [0.1, 0.15) is 25.9 Å². The highest BCUT2D eigenvalue weighted by Crippen LogP contribution is 2.15. The number of nitrogens with one attached hydrogen (secondary N) is 1. The highest BCUT2D eigenvalue weighted by Gasteiger charge is 2.04. The summed E-state index contributed by atoms with van der Waals surface area (Å²) in [5.41, 5.74) is 8.82. The average molecular weight is 188 g/mol. The first-order chi connectivity index (χ1) is 6.65. The topological polar surface area (TPSA) is 49.9 Å². The molecule has 0 spiro atoms. The number of nitrogen functional groups attached to an aromatic ring is 1. The molecule has 0 unspecified atom stereocenters. The van der Waals surface area contributed by atoms with E-state index in [1.165, 1.54) is 0 Å². The van der Waals surface area contributed by atoms with Crippen molar-refractivity contribution in [2.75, 3.05) is 5.73 Å². The van der Waals surface area contributed by atoms with Crippen LogP contribution in [0.25, 0.3) is 0 Å². The van der Waals surface area contributed by atoms with Crippen LogP contribution in [0.4, 0.5) is 5.69 Å². The molecule has 0 heterocycles. The van der Waals surface area contributed by atoms with Crippen LogP contribution in [0, 0.1) is 24.2 Å². The second-order valence-corrected chi connectivity index (χ2v) is 3.17. The number of benzene rings is 1.